The maximum Gasteiger partial charge on any atom is 0.131 e. The highest BCUT2D eigenvalue weighted by molar-refractivity contribution is 5.91. The van der Waals surface area contributed by atoms with E-state index in [-0.39, 0.29) is 32.5 Å². The van der Waals surface area contributed by atoms with Crippen LogP contribution in [0.3, 0.4) is 0 Å². The van der Waals surface area contributed by atoms with Crippen molar-refractivity contribution in [2.45, 2.75) is 164 Å². The van der Waals surface area contributed by atoms with E-state index in [1.165, 1.54) is 33.4 Å². The molecule has 0 atom stereocenters. The Hall–Kier alpha value is -5.08. The largest absolute Gasteiger partial charge is 0.507 e. The smallest absolute Gasteiger partial charge is 0.131 e. The molecular weight excluding hydrogens is 765 g/mol. The van der Waals surface area contributed by atoms with Crippen molar-refractivity contribution in [1.29, 1.82) is 0 Å². The van der Waals surface area contributed by atoms with E-state index < -0.39 is 0 Å². The van der Waals surface area contributed by atoms with Gasteiger partial charge in [0.1, 0.15) is 11.5 Å². The van der Waals surface area contributed by atoms with Crippen molar-refractivity contribution in [2.75, 3.05) is 0 Å². The maximum atomic E-state index is 13.1. The molecule has 0 radical (unpaired) electrons. The van der Waals surface area contributed by atoms with Crippen molar-refractivity contribution in [2.24, 2.45) is 0 Å². The van der Waals surface area contributed by atoms with Gasteiger partial charge in [-0.15, -0.1) is 0 Å². The lowest BCUT2D eigenvalue weighted by Crippen LogP contribution is -2.21. The molecule has 0 aliphatic heterocycles. The number of aromatic hydroxyl groups is 2. The van der Waals surface area contributed by atoms with E-state index in [2.05, 4.69) is 234 Å². The second-order valence-electron chi connectivity index (χ2n) is 24.2. The Bertz CT molecular complexity index is 2460. The Kier molecular flexibility index (Phi) is 12.4. The first-order valence-electron chi connectivity index (χ1n) is 23.1. The predicted molar refractivity (Wildman–Crippen MR) is 273 cm³/mol. The summed E-state index contributed by atoms with van der Waals surface area (Å²) in [5, 5.41) is 26.2. The molecule has 6 aromatic rings. The maximum absolute atomic E-state index is 13.1. The van der Waals surface area contributed by atoms with Crippen LogP contribution in [0.15, 0.2) is 109 Å². The van der Waals surface area contributed by atoms with Crippen LogP contribution in [0.2, 0.25) is 0 Å². The van der Waals surface area contributed by atoms with E-state index >= 15 is 0 Å². The molecule has 0 aromatic heterocycles. The fourth-order valence-electron chi connectivity index (χ4n) is 10.0. The lowest BCUT2D eigenvalue weighted by Gasteiger charge is -2.34. The Morgan fingerprint density at radius 3 is 0.794 bits per heavy atom. The van der Waals surface area contributed by atoms with E-state index in [1.807, 2.05) is 0 Å². The average molecular weight is 841 g/mol. The molecule has 0 spiro atoms. The van der Waals surface area contributed by atoms with Gasteiger partial charge in [0.25, 0.3) is 0 Å². The van der Waals surface area contributed by atoms with Crippen LogP contribution < -0.4 is 0 Å². The topological polar surface area (TPSA) is 40.5 Å². The quantitative estimate of drug-likeness (QED) is 0.175. The molecule has 0 saturated heterocycles. The van der Waals surface area contributed by atoms with Crippen LogP contribution in [-0.4, -0.2) is 10.2 Å². The van der Waals surface area contributed by atoms with Gasteiger partial charge < -0.3 is 10.2 Å². The SMILES string of the molecule is CC(C)(C)c1ccccc1-c1cc(Cc2cc(-c3ccccc3C(C)(C)C)c(O)c(-c3ccccc3C(C)(C)C)c2C(C)(C)C)c(C(C)(C)C)c(-c2ccccc2C(C)(C)C)c1O. The highest BCUT2D eigenvalue weighted by Crippen LogP contribution is 2.54. The van der Waals surface area contributed by atoms with Crippen LogP contribution in [0.25, 0.3) is 44.5 Å². The number of hydrogen-bond donors (Lipinski definition) is 2. The Morgan fingerprint density at radius 2 is 0.540 bits per heavy atom. The molecule has 332 valence electrons. The van der Waals surface area contributed by atoms with Crippen molar-refractivity contribution < 1.29 is 10.2 Å². The third-order valence-electron chi connectivity index (χ3n) is 12.7. The number of rotatable bonds is 6. The Balaban J connectivity index is 1.87. The van der Waals surface area contributed by atoms with Crippen LogP contribution in [0.5, 0.6) is 11.5 Å². The van der Waals surface area contributed by atoms with Crippen LogP contribution in [0.4, 0.5) is 0 Å². The highest BCUT2D eigenvalue weighted by Gasteiger charge is 2.35. The Morgan fingerprint density at radius 1 is 0.302 bits per heavy atom. The molecule has 63 heavy (non-hydrogen) atoms. The van der Waals surface area contributed by atoms with Crippen LogP contribution in [-0.2, 0) is 38.9 Å². The van der Waals surface area contributed by atoms with Gasteiger partial charge in [-0.1, -0.05) is 222 Å². The molecule has 0 saturated carbocycles. The van der Waals surface area contributed by atoms with Crippen molar-refractivity contribution in [3.05, 3.63) is 154 Å². The molecular formula is C61H76O2. The van der Waals surface area contributed by atoms with E-state index in [4.69, 9.17) is 0 Å². The lowest BCUT2D eigenvalue weighted by atomic mass is 9.70. The molecule has 6 rings (SSSR count). The van der Waals surface area contributed by atoms with Gasteiger partial charge in [-0.3, -0.25) is 0 Å². The minimum Gasteiger partial charge on any atom is -0.507 e. The van der Waals surface area contributed by atoms with Gasteiger partial charge in [0.05, 0.1) is 0 Å². The second-order valence-corrected chi connectivity index (χ2v) is 24.2. The summed E-state index contributed by atoms with van der Waals surface area (Å²) in [6.45, 7) is 40.8. The number of hydrogen-bond acceptors (Lipinski definition) is 2. The third-order valence-corrected chi connectivity index (χ3v) is 12.7. The molecule has 0 fully saturated rings. The molecule has 2 nitrogen and oxygen atoms in total. The van der Waals surface area contributed by atoms with Gasteiger partial charge in [-0.25, -0.2) is 0 Å². The van der Waals surface area contributed by atoms with Gasteiger partial charge in [0, 0.05) is 22.3 Å². The first kappa shape index (κ1) is 47.4. The average Bonchev–Trinajstić information content (AvgIpc) is 3.16. The number of benzene rings is 6. The zero-order chi connectivity index (χ0) is 46.8. The summed E-state index contributed by atoms with van der Waals surface area (Å²) >= 11 is 0. The van der Waals surface area contributed by atoms with Crippen molar-refractivity contribution in [1.82, 2.24) is 0 Å². The molecule has 0 heterocycles. The molecule has 0 aliphatic carbocycles. The van der Waals surface area contributed by atoms with Gasteiger partial charge in [-0.2, -0.15) is 0 Å². The predicted octanol–water partition coefficient (Wildman–Crippen LogP) is 17.1. The monoisotopic (exact) mass is 841 g/mol. The summed E-state index contributed by atoms with van der Waals surface area (Å²) in [6.07, 6.45) is 0.588. The van der Waals surface area contributed by atoms with Crippen LogP contribution in [0.1, 0.15) is 169 Å². The van der Waals surface area contributed by atoms with E-state index in [1.54, 1.807) is 0 Å². The first-order chi connectivity index (χ1) is 28.9. The van der Waals surface area contributed by atoms with Crippen molar-refractivity contribution in [3.8, 4) is 56.0 Å². The lowest BCUT2D eigenvalue weighted by molar-refractivity contribution is 0.473. The molecule has 0 aliphatic rings. The molecule has 2 N–H and O–H groups in total. The zero-order valence-corrected chi connectivity index (χ0v) is 42.0. The second kappa shape index (κ2) is 16.5. The van der Waals surface area contributed by atoms with E-state index in [0.717, 1.165) is 55.6 Å². The van der Waals surface area contributed by atoms with Gasteiger partial charge in [-0.05, 0) is 118 Å². The van der Waals surface area contributed by atoms with E-state index in [0.29, 0.717) is 17.9 Å². The Labute approximate surface area is 381 Å². The van der Waals surface area contributed by atoms with Gasteiger partial charge in [0.15, 0.2) is 0 Å². The van der Waals surface area contributed by atoms with Crippen molar-refractivity contribution >= 4 is 0 Å². The molecule has 0 amide bonds. The zero-order valence-electron chi connectivity index (χ0n) is 42.0. The molecule has 2 heteroatoms. The highest BCUT2D eigenvalue weighted by atomic mass is 16.3. The summed E-state index contributed by atoms with van der Waals surface area (Å²) in [6, 6.07) is 39.1. The minimum atomic E-state index is -0.364. The first-order valence-corrected chi connectivity index (χ1v) is 23.1. The van der Waals surface area contributed by atoms with Gasteiger partial charge in [0.2, 0.25) is 0 Å². The number of phenolic OH excluding ortho intramolecular Hbond substituents is 2. The number of phenols is 2. The fourth-order valence-corrected chi connectivity index (χ4v) is 10.0. The minimum absolute atomic E-state index is 0.170. The summed E-state index contributed by atoms with van der Waals surface area (Å²) in [5.41, 5.74) is 15.6. The molecule has 6 aromatic carbocycles. The molecule has 0 bridgehead atoms. The van der Waals surface area contributed by atoms with Crippen LogP contribution >= 0.6 is 0 Å². The summed E-state index contributed by atoms with van der Waals surface area (Å²) in [7, 11) is 0. The summed E-state index contributed by atoms with van der Waals surface area (Å²) in [5.74, 6) is 0.636. The molecule has 0 unspecified atom stereocenters. The summed E-state index contributed by atoms with van der Waals surface area (Å²) in [4.78, 5) is 0. The van der Waals surface area contributed by atoms with Crippen LogP contribution in [0, 0.1) is 0 Å². The fraction of sp³-hybridized carbons (Fsp3) is 0.410. The van der Waals surface area contributed by atoms with Crippen molar-refractivity contribution in [3.63, 3.8) is 0 Å². The summed E-state index contributed by atoms with van der Waals surface area (Å²) < 4.78 is 0. The van der Waals surface area contributed by atoms with E-state index in [9.17, 15) is 10.2 Å². The normalized spacial score (nSPS) is 13.1. The standard InChI is InChI=1S/C61H76O2/c1-56(2,3)46-31-23-19-27-40(46)44-36-38(52(60(13,14)15)50(54(44)62)42-29-21-25-33-48(42)58(7,8)9)35-39-37-45(41-28-20-24-32-47(41)57(4,5)6)55(63)51(53(39)61(16,17)18)43-30-22-26-34-49(43)59(10,11)12/h19-34,36-37,62-63H,35H2,1-18H3. The van der Waals surface area contributed by atoms with Gasteiger partial charge >= 0.3 is 0 Å². The third kappa shape index (κ3) is 9.43.